The molecule has 1 aromatic heterocycles. The predicted octanol–water partition coefficient (Wildman–Crippen LogP) is 3.35. The molecule has 5 atom stereocenters. The van der Waals surface area contributed by atoms with E-state index in [0.717, 1.165) is 33.5 Å². The Morgan fingerprint density at radius 3 is 2.50 bits per heavy atom. The molecule has 10 heteroatoms. The predicted molar refractivity (Wildman–Crippen MR) is 186 cm³/mol. The molecular formula is C38H48N6O4. The van der Waals surface area contributed by atoms with E-state index < -0.39 is 35.7 Å². The molecule has 2 aliphatic rings. The fraction of sp³-hybridized carbons (Fsp3) is 0.447. The molecular weight excluding hydrogens is 604 g/mol. The Morgan fingerprint density at radius 2 is 1.73 bits per heavy atom. The average molecular weight is 653 g/mol. The summed E-state index contributed by atoms with van der Waals surface area (Å²) >= 11 is 0. The molecule has 1 fully saturated rings. The maximum absolute atomic E-state index is 13.9. The van der Waals surface area contributed by atoms with Crippen LogP contribution >= 0.6 is 0 Å². The normalized spacial score (nSPS) is 21.5. The lowest BCUT2D eigenvalue weighted by Gasteiger charge is -2.42. The Morgan fingerprint density at radius 1 is 1.00 bits per heavy atom. The molecule has 1 aliphatic carbocycles. The van der Waals surface area contributed by atoms with Crippen LogP contribution < -0.4 is 10.6 Å². The zero-order valence-electron chi connectivity index (χ0n) is 28.1. The summed E-state index contributed by atoms with van der Waals surface area (Å²) in [6, 6.07) is 24.6. The Balaban J connectivity index is 1.15. The van der Waals surface area contributed by atoms with Crippen molar-refractivity contribution in [2.75, 3.05) is 26.2 Å². The molecule has 1 aliphatic heterocycles. The highest BCUT2D eigenvalue weighted by molar-refractivity contribution is 5.83. The van der Waals surface area contributed by atoms with Gasteiger partial charge < -0.3 is 25.8 Å². The van der Waals surface area contributed by atoms with Gasteiger partial charge in [0.05, 0.1) is 35.8 Å². The molecule has 0 radical (unpaired) electrons. The largest absolute Gasteiger partial charge is 0.392 e. The summed E-state index contributed by atoms with van der Waals surface area (Å²) in [6.45, 7) is 8.51. The van der Waals surface area contributed by atoms with Crippen molar-refractivity contribution in [1.82, 2.24) is 30.4 Å². The van der Waals surface area contributed by atoms with Gasteiger partial charge in [0.2, 0.25) is 11.8 Å². The van der Waals surface area contributed by atoms with Crippen molar-refractivity contribution in [2.24, 2.45) is 5.92 Å². The smallest absolute Gasteiger partial charge is 0.239 e. The van der Waals surface area contributed by atoms with Crippen LogP contribution in [0.5, 0.6) is 0 Å². The van der Waals surface area contributed by atoms with Gasteiger partial charge in [-0.3, -0.25) is 19.4 Å². The monoisotopic (exact) mass is 652 g/mol. The van der Waals surface area contributed by atoms with Gasteiger partial charge in [0.25, 0.3) is 0 Å². The van der Waals surface area contributed by atoms with E-state index in [0.29, 0.717) is 39.0 Å². The van der Waals surface area contributed by atoms with Gasteiger partial charge in [0, 0.05) is 44.1 Å². The van der Waals surface area contributed by atoms with Crippen LogP contribution in [0.3, 0.4) is 0 Å². The van der Waals surface area contributed by atoms with Gasteiger partial charge in [0.15, 0.2) is 0 Å². The van der Waals surface area contributed by atoms with E-state index in [4.69, 9.17) is 4.98 Å². The third kappa shape index (κ3) is 8.30. The second-order valence-corrected chi connectivity index (χ2v) is 14.4. The van der Waals surface area contributed by atoms with Gasteiger partial charge >= 0.3 is 0 Å². The number of β-amino-alcohol motifs (C(OH)–C–C–N with tert-alkyl or cyclic N) is 1. The number of fused-ring (bicyclic) bond motifs is 2. The number of piperazine rings is 1. The molecule has 2 heterocycles. The fourth-order valence-electron chi connectivity index (χ4n) is 7.11. The van der Waals surface area contributed by atoms with E-state index >= 15 is 0 Å². The topological polar surface area (TPSA) is 134 Å². The number of nitrogens with zero attached hydrogens (tertiary/aromatic N) is 3. The first-order chi connectivity index (χ1) is 23.0. The number of benzene rings is 3. The average Bonchev–Trinajstić information content (AvgIpc) is 3.60. The minimum absolute atomic E-state index is 0.0866. The minimum Gasteiger partial charge on any atom is -0.392 e. The second-order valence-electron chi connectivity index (χ2n) is 14.4. The fourth-order valence-corrected chi connectivity index (χ4v) is 7.11. The quantitative estimate of drug-likeness (QED) is 0.168. The number of hydrogen-bond acceptors (Lipinski definition) is 7. The van der Waals surface area contributed by atoms with Crippen LogP contribution in [-0.2, 0) is 29.0 Å². The van der Waals surface area contributed by atoms with Crippen molar-refractivity contribution in [3.63, 3.8) is 0 Å². The number of H-pyrrole nitrogens is 1. The Bertz CT molecular complexity index is 1670. The highest BCUT2D eigenvalue weighted by atomic mass is 16.3. The zero-order chi connectivity index (χ0) is 33.8. The maximum Gasteiger partial charge on any atom is 0.239 e. The van der Waals surface area contributed by atoms with Crippen LogP contribution in [0.15, 0.2) is 78.9 Å². The third-order valence-electron chi connectivity index (χ3n) is 9.39. The Kier molecular flexibility index (Phi) is 10.3. The van der Waals surface area contributed by atoms with Crippen molar-refractivity contribution in [3.8, 4) is 0 Å². The summed E-state index contributed by atoms with van der Waals surface area (Å²) in [5.41, 5.74) is 4.46. The number of para-hydroxylation sites is 2. The van der Waals surface area contributed by atoms with Crippen LogP contribution in [0, 0.1) is 5.92 Å². The SMILES string of the molecule is CC(C)(C)NC(=O)[C@@H]1CN(Cc2nc3ccccc3[nH]2)CCN1C[C@@H](O)C[C@@H](Cc1ccccc1)C(=O)N[C@H]1c2ccccc2C[C@H]1O. The van der Waals surface area contributed by atoms with Crippen LogP contribution in [0.25, 0.3) is 11.0 Å². The van der Waals surface area contributed by atoms with Crippen LogP contribution in [0.4, 0.5) is 0 Å². The molecule has 2 amide bonds. The molecule has 5 N–H and O–H groups in total. The lowest BCUT2D eigenvalue weighted by atomic mass is 9.91. The van der Waals surface area contributed by atoms with E-state index in [1.54, 1.807) is 0 Å². The molecule has 0 saturated carbocycles. The first-order valence-electron chi connectivity index (χ1n) is 17.0. The summed E-state index contributed by atoms with van der Waals surface area (Å²) in [5.74, 6) is 0.0378. The molecule has 48 heavy (non-hydrogen) atoms. The molecule has 0 spiro atoms. The van der Waals surface area contributed by atoms with Crippen molar-refractivity contribution in [2.45, 2.75) is 76.4 Å². The van der Waals surface area contributed by atoms with E-state index in [2.05, 4.69) is 25.4 Å². The van der Waals surface area contributed by atoms with Crippen LogP contribution in [0.2, 0.25) is 0 Å². The van der Waals surface area contributed by atoms with Gasteiger partial charge in [-0.2, -0.15) is 0 Å². The number of imidazole rings is 1. The molecule has 254 valence electrons. The highest BCUT2D eigenvalue weighted by Crippen LogP contribution is 2.32. The summed E-state index contributed by atoms with van der Waals surface area (Å²) in [4.78, 5) is 39.9. The number of rotatable bonds is 11. The molecule has 1 saturated heterocycles. The van der Waals surface area contributed by atoms with Gasteiger partial charge in [-0.05, 0) is 62.4 Å². The lowest BCUT2D eigenvalue weighted by Crippen LogP contribution is -2.62. The number of carbonyl (C=O) groups is 2. The van der Waals surface area contributed by atoms with E-state index in [-0.39, 0.29) is 24.8 Å². The first-order valence-corrected chi connectivity index (χ1v) is 17.0. The van der Waals surface area contributed by atoms with E-state index in [1.165, 1.54) is 0 Å². The number of aliphatic hydroxyl groups excluding tert-OH is 2. The van der Waals surface area contributed by atoms with Crippen LogP contribution in [0.1, 0.15) is 55.7 Å². The van der Waals surface area contributed by atoms with Crippen molar-refractivity contribution < 1.29 is 19.8 Å². The zero-order valence-corrected chi connectivity index (χ0v) is 28.1. The van der Waals surface area contributed by atoms with Gasteiger partial charge in [-0.15, -0.1) is 0 Å². The van der Waals surface area contributed by atoms with Crippen molar-refractivity contribution >= 4 is 22.8 Å². The molecule has 6 rings (SSSR count). The number of aromatic amines is 1. The number of nitrogens with one attached hydrogen (secondary N) is 3. The first kappa shape index (κ1) is 33.8. The number of aromatic nitrogens is 2. The van der Waals surface area contributed by atoms with Gasteiger partial charge in [0.1, 0.15) is 11.9 Å². The molecule has 3 aromatic carbocycles. The van der Waals surface area contributed by atoms with Gasteiger partial charge in [-0.25, -0.2) is 4.98 Å². The maximum atomic E-state index is 13.9. The van der Waals surface area contributed by atoms with E-state index in [9.17, 15) is 19.8 Å². The third-order valence-corrected chi connectivity index (χ3v) is 9.39. The lowest BCUT2D eigenvalue weighted by molar-refractivity contribution is -0.132. The standard InChI is InChI=1S/C38H48N6O4/c1-38(2,3)42-37(48)32-23-43(24-34-39-30-15-9-10-16-31(30)40-34)17-18-44(32)22-28(45)20-27(19-25-11-5-4-6-12-25)36(47)41-35-29-14-8-7-13-26(29)21-33(35)46/h4-16,27-28,32-33,35,45-46H,17-24H2,1-3H3,(H,39,40)(H,41,47)(H,42,48)/t27-,28+,32+,33-,35+/m1/s1. The number of hydrogen-bond donors (Lipinski definition) is 5. The summed E-state index contributed by atoms with van der Waals surface area (Å²) in [6.07, 6.45) is -0.387. The van der Waals surface area contributed by atoms with E-state index in [1.807, 2.05) is 99.6 Å². The Hall–Kier alpha value is -4.09. The second kappa shape index (κ2) is 14.6. The van der Waals surface area contributed by atoms with Gasteiger partial charge in [-0.1, -0.05) is 66.7 Å². The minimum atomic E-state index is -0.850. The summed E-state index contributed by atoms with van der Waals surface area (Å²) in [7, 11) is 0. The van der Waals surface area contributed by atoms with Crippen molar-refractivity contribution in [1.29, 1.82) is 0 Å². The Labute approximate surface area is 282 Å². The van der Waals surface area contributed by atoms with Crippen LogP contribution in [-0.4, -0.2) is 91.8 Å². The highest BCUT2D eigenvalue weighted by Gasteiger charge is 2.37. The van der Waals surface area contributed by atoms with Crippen molar-refractivity contribution in [3.05, 3.63) is 101 Å². The summed E-state index contributed by atoms with van der Waals surface area (Å²) in [5, 5.41) is 28.6. The number of carbonyl (C=O) groups excluding carboxylic acids is 2. The molecule has 10 nitrogen and oxygen atoms in total. The molecule has 0 unspecified atom stereocenters. The number of aliphatic hydroxyl groups is 2. The molecule has 0 bridgehead atoms. The molecule has 4 aromatic rings. The summed E-state index contributed by atoms with van der Waals surface area (Å²) < 4.78 is 0. The number of amides is 2.